The van der Waals surface area contributed by atoms with Crippen molar-refractivity contribution in [2.45, 2.75) is 23.8 Å². The summed E-state index contributed by atoms with van der Waals surface area (Å²) in [6, 6.07) is 7.73. The van der Waals surface area contributed by atoms with E-state index in [0.717, 1.165) is 0 Å². The van der Waals surface area contributed by atoms with Crippen LogP contribution in [0.15, 0.2) is 52.2 Å². The van der Waals surface area contributed by atoms with Gasteiger partial charge in [-0.05, 0) is 31.0 Å². The molecule has 1 N–H and O–H groups in total. The number of carbonyl (C=O) groups excluding carboxylic acids is 1. The zero-order valence-corrected chi connectivity index (χ0v) is 14.4. The highest BCUT2D eigenvalue weighted by molar-refractivity contribution is 7.89. The van der Waals surface area contributed by atoms with Gasteiger partial charge in [-0.15, -0.1) is 0 Å². The Balaban J connectivity index is 1.61. The van der Waals surface area contributed by atoms with Crippen molar-refractivity contribution in [1.29, 1.82) is 0 Å². The normalized spacial score (nSPS) is 16.3. The fourth-order valence-electron chi connectivity index (χ4n) is 2.71. The molecule has 24 heavy (non-hydrogen) atoms. The predicted octanol–water partition coefficient (Wildman–Crippen LogP) is 2.52. The number of carbonyl (C=O) groups is 1. The van der Waals surface area contributed by atoms with Crippen molar-refractivity contribution >= 4 is 27.5 Å². The molecule has 0 unspecified atom stereocenters. The molecule has 2 aromatic rings. The van der Waals surface area contributed by atoms with Crippen LogP contribution in [0, 0.1) is 0 Å². The zero-order chi connectivity index (χ0) is 17.2. The minimum absolute atomic E-state index is 0.0727. The monoisotopic (exact) mass is 368 g/mol. The van der Waals surface area contributed by atoms with Crippen LogP contribution in [0.5, 0.6) is 0 Å². The van der Waals surface area contributed by atoms with Gasteiger partial charge in [0.2, 0.25) is 10.0 Å². The zero-order valence-electron chi connectivity index (χ0n) is 12.8. The number of sulfonamides is 1. The van der Waals surface area contributed by atoms with Crippen molar-refractivity contribution in [2.24, 2.45) is 0 Å². The number of piperidine rings is 1. The average molecular weight is 369 g/mol. The Labute approximate surface area is 145 Å². The highest BCUT2D eigenvalue weighted by atomic mass is 35.5. The molecule has 0 bridgehead atoms. The summed E-state index contributed by atoms with van der Waals surface area (Å²) in [6.07, 6.45) is 3.97. The fourth-order valence-corrected chi connectivity index (χ4v) is 4.54. The van der Waals surface area contributed by atoms with Crippen LogP contribution in [0.2, 0.25) is 5.02 Å². The molecule has 0 radical (unpaired) electrons. The van der Waals surface area contributed by atoms with E-state index in [1.165, 1.54) is 18.6 Å². The molecule has 6 nitrogen and oxygen atoms in total. The van der Waals surface area contributed by atoms with Crippen molar-refractivity contribution in [1.82, 2.24) is 9.62 Å². The summed E-state index contributed by atoms with van der Waals surface area (Å²) in [5.74, 6) is -0.101. The molecule has 0 aliphatic carbocycles. The van der Waals surface area contributed by atoms with E-state index in [1.807, 2.05) is 0 Å². The smallest absolute Gasteiger partial charge is 0.257 e. The lowest BCUT2D eigenvalue weighted by atomic mass is 10.1. The van der Waals surface area contributed by atoms with Crippen LogP contribution in [0.4, 0.5) is 0 Å². The van der Waals surface area contributed by atoms with Gasteiger partial charge in [0, 0.05) is 19.1 Å². The molecule has 2 heterocycles. The Kier molecular flexibility index (Phi) is 4.93. The Bertz CT molecular complexity index is 812. The summed E-state index contributed by atoms with van der Waals surface area (Å²) >= 11 is 5.97. The van der Waals surface area contributed by atoms with Crippen LogP contribution < -0.4 is 4.72 Å². The number of rotatable bonds is 4. The van der Waals surface area contributed by atoms with Gasteiger partial charge in [0.15, 0.2) is 0 Å². The average Bonchev–Trinajstić information content (AvgIpc) is 3.09. The molecule has 1 aromatic carbocycles. The van der Waals surface area contributed by atoms with E-state index < -0.39 is 10.0 Å². The second-order valence-electron chi connectivity index (χ2n) is 5.63. The van der Waals surface area contributed by atoms with Crippen LogP contribution in [0.25, 0.3) is 0 Å². The van der Waals surface area contributed by atoms with Gasteiger partial charge < -0.3 is 9.32 Å². The summed E-state index contributed by atoms with van der Waals surface area (Å²) in [5.41, 5.74) is 0.505. The fraction of sp³-hybridized carbons (Fsp3) is 0.312. The molecule has 1 aliphatic rings. The van der Waals surface area contributed by atoms with E-state index in [2.05, 4.69) is 4.72 Å². The van der Waals surface area contributed by atoms with Crippen LogP contribution in [-0.2, 0) is 10.0 Å². The van der Waals surface area contributed by atoms with E-state index in [-0.39, 0.29) is 21.9 Å². The second kappa shape index (κ2) is 6.96. The van der Waals surface area contributed by atoms with Crippen LogP contribution >= 0.6 is 11.6 Å². The molecule has 1 amide bonds. The Morgan fingerprint density at radius 2 is 1.92 bits per heavy atom. The SMILES string of the molecule is O=C(c1ccoc1)N1CCC(NS(=O)(=O)c2ccccc2Cl)CC1. The highest BCUT2D eigenvalue weighted by Gasteiger charge is 2.28. The molecule has 3 rings (SSSR count). The van der Waals surface area contributed by atoms with Gasteiger partial charge in [-0.2, -0.15) is 0 Å². The number of halogens is 1. The molecule has 1 saturated heterocycles. The molecule has 1 aromatic heterocycles. The summed E-state index contributed by atoms with van der Waals surface area (Å²) in [4.78, 5) is 14.0. The van der Waals surface area contributed by atoms with Gasteiger partial charge in [0.1, 0.15) is 11.2 Å². The number of furan rings is 1. The Morgan fingerprint density at radius 1 is 1.21 bits per heavy atom. The summed E-state index contributed by atoms with van der Waals surface area (Å²) in [7, 11) is -3.67. The minimum Gasteiger partial charge on any atom is -0.472 e. The third kappa shape index (κ3) is 3.63. The number of benzene rings is 1. The lowest BCUT2D eigenvalue weighted by Crippen LogP contribution is -2.46. The van der Waals surface area contributed by atoms with Crippen molar-refractivity contribution in [3.05, 3.63) is 53.4 Å². The van der Waals surface area contributed by atoms with Crippen molar-refractivity contribution in [3.63, 3.8) is 0 Å². The molecule has 0 atom stereocenters. The van der Waals surface area contributed by atoms with E-state index in [4.69, 9.17) is 16.0 Å². The van der Waals surface area contributed by atoms with Gasteiger partial charge in [-0.3, -0.25) is 4.79 Å². The first-order valence-corrected chi connectivity index (χ1v) is 9.42. The third-order valence-electron chi connectivity index (χ3n) is 4.00. The summed E-state index contributed by atoms with van der Waals surface area (Å²) in [5, 5.41) is 0.192. The number of likely N-dealkylation sites (tertiary alicyclic amines) is 1. The molecule has 0 spiro atoms. The quantitative estimate of drug-likeness (QED) is 0.899. The van der Waals surface area contributed by atoms with Gasteiger partial charge in [0.05, 0.1) is 16.8 Å². The number of nitrogens with one attached hydrogen (secondary N) is 1. The van der Waals surface area contributed by atoms with E-state index in [9.17, 15) is 13.2 Å². The number of hydrogen-bond acceptors (Lipinski definition) is 4. The van der Waals surface area contributed by atoms with Gasteiger partial charge >= 0.3 is 0 Å². The lowest BCUT2D eigenvalue weighted by Gasteiger charge is -2.32. The van der Waals surface area contributed by atoms with Gasteiger partial charge in [-0.1, -0.05) is 23.7 Å². The van der Waals surface area contributed by atoms with Gasteiger partial charge in [0.25, 0.3) is 5.91 Å². The first kappa shape index (κ1) is 17.0. The van der Waals surface area contributed by atoms with Gasteiger partial charge in [-0.25, -0.2) is 13.1 Å². The van der Waals surface area contributed by atoms with E-state index >= 15 is 0 Å². The van der Waals surface area contributed by atoms with Crippen molar-refractivity contribution < 1.29 is 17.6 Å². The highest BCUT2D eigenvalue weighted by Crippen LogP contribution is 2.22. The van der Waals surface area contributed by atoms with E-state index in [1.54, 1.807) is 29.2 Å². The molecule has 128 valence electrons. The molecular formula is C16H17ClN2O4S. The third-order valence-corrected chi connectivity index (χ3v) is 6.02. The molecule has 8 heteroatoms. The minimum atomic E-state index is -3.67. The molecule has 0 saturated carbocycles. The number of nitrogens with zero attached hydrogens (tertiary/aromatic N) is 1. The van der Waals surface area contributed by atoms with Crippen molar-refractivity contribution in [2.75, 3.05) is 13.1 Å². The lowest BCUT2D eigenvalue weighted by molar-refractivity contribution is 0.0710. The Morgan fingerprint density at radius 3 is 2.54 bits per heavy atom. The Hall–Kier alpha value is -1.83. The van der Waals surface area contributed by atoms with Crippen LogP contribution in [-0.4, -0.2) is 38.4 Å². The van der Waals surface area contributed by atoms with Crippen LogP contribution in [0.1, 0.15) is 23.2 Å². The summed E-state index contributed by atoms with van der Waals surface area (Å²) in [6.45, 7) is 0.972. The predicted molar refractivity (Wildman–Crippen MR) is 89.4 cm³/mol. The van der Waals surface area contributed by atoms with Crippen LogP contribution in [0.3, 0.4) is 0 Å². The summed E-state index contributed by atoms with van der Waals surface area (Å²) < 4.78 is 32.5. The molecule has 1 aliphatic heterocycles. The number of hydrogen-bond donors (Lipinski definition) is 1. The van der Waals surface area contributed by atoms with Crippen molar-refractivity contribution in [3.8, 4) is 0 Å². The standard InChI is InChI=1S/C16H17ClN2O4S/c17-14-3-1-2-4-15(14)24(21,22)18-13-5-8-19(9-6-13)16(20)12-7-10-23-11-12/h1-4,7,10-11,13,18H,5-6,8-9H2. The molecular weight excluding hydrogens is 352 g/mol. The maximum atomic E-state index is 12.4. The second-order valence-corrected chi connectivity index (χ2v) is 7.72. The first-order chi connectivity index (χ1) is 11.5. The first-order valence-electron chi connectivity index (χ1n) is 7.56. The molecule has 1 fully saturated rings. The maximum absolute atomic E-state index is 12.4. The van der Waals surface area contributed by atoms with E-state index in [0.29, 0.717) is 31.5 Å². The topological polar surface area (TPSA) is 79.6 Å². The maximum Gasteiger partial charge on any atom is 0.257 e. The largest absolute Gasteiger partial charge is 0.472 e. The number of amides is 1.